The number of carboxylic acid groups (broad SMARTS) is 1. The maximum atomic E-state index is 11.2. The van der Waals surface area contributed by atoms with Gasteiger partial charge in [-0.25, -0.2) is 0 Å². The molecule has 6 heteroatoms. The Morgan fingerprint density at radius 2 is 1.77 bits per heavy atom. The van der Waals surface area contributed by atoms with Gasteiger partial charge in [0.05, 0.1) is 0 Å². The quantitative estimate of drug-likeness (QED) is 0.811. The molecule has 4 nitrogen and oxygen atoms in total. The summed E-state index contributed by atoms with van der Waals surface area (Å²) in [4.78, 5) is 13.2. The fraction of sp³-hybridized carbons (Fsp3) is 0.350. The summed E-state index contributed by atoms with van der Waals surface area (Å²) in [7, 11) is 0. The van der Waals surface area contributed by atoms with Crippen LogP contribution in [-0.2, 0) is 11.2 Å². The van der Waals surface area contributed by atoms with Gasteiger partial charge in [-0.1, -0.05) is 48.0 Å². The van der Waals surface area contributed by atoms with E-state index < -0.39 is 12.0 Å². The molecular formula is C20H24Cl2N2O2. The van der Waals surface area contributed by atoms with Crippen LogP contribution in [-0.4, -0.2) is 47.7 Å². The summed E-state index contributed by atoms with van der Waals surface area (Å²) in [5, 5.41) is 13.4. The van der Waals surface area contributed by atoms with Crippen LogP contribution in [0.25, 0.3) is 11.1 Å². The second-order valence-electron chi connectivity index (χ2n) is 6.57. The minimum absolute atomic E-state index is 0. The predicted octanol–water partition coefficient (Wildman–Crippen LogP) is 3.72. The van der Waals surface area contributed by atoms with Crippen molar-refractivity contribution in [1.29, 1.82) is 0 Å². The molecule has 0 aliphatic carbocycles. The molecule has 0 amide bonds. The number of benzene rings is 2. The summed E-state index contributed by atoms with van der Waals surface area (Å²) >= 11 is 5.94. The van der Waals surface area contributed by atoms with Crippen molar-refractivity contribution >= 4 is 30.0 Å². The topological polar surface area (TPSA) is 52.6 Å². The fourth-order valence-corrected chi connectivity index (χ4v) is 3.38. The van der Waals surface area contributed by atoms with Gasteiger partial charge in [-0.05, 0) is 42.2 Å². The Kier molecular flexibility index (Phi) is 7.47. The van der Waals surface area contributed by atoms with Crippen LogP contribution in [0.5, 0.6) is 0 Å². The molecule has 2 N–H and O–H groups in total. The van der Waals surface area contributed by atoms with Gasteiger partial charge in [-0.2, -0.15) is 0 Å². The number of hydrogen-bond donors (Lipinski definition) is 2. The number of carboxylic acids is 1. The number of carbonyl (C=O) groups is 1. The molecule has 1 fully saturated rings. The first kappa shape index (κ1) is 20.7. The van der Waals surface area contributed by atoms with Crippen LogP contribution in [0.4, 0.5) is 0 Å². The number of nitrogens with zero attached hydrogens (tertiary/aromatic N) is 1. The number of aliphatic carboxylic acids is 1. The van der Waals surface area contributed by atoms with E-state index in [-0.39, 0.29) is 18.4 Å². The lowest BCUT2D eigenvalue weighted by Crippen LogP contribution is -2.55. The Labute approximate surface area is 165 Å². The van der Waals surface area contributed by atoms with Gasteiger partial charge in [0.25, 0.3) is 0 Å². The van der Waals surface area contributed by atoms with Crippen molar-refractivity contribution in [3.05, 3.63) is 59.1 Å². The van der Waals surface area contributed by atoms with Crippen molar-refractivity contribution < 1.29 is 9.90 Å². The van der Waals surface area contributed by atoms with Crippen molar-refractivity contribution in [2.45, 2.75) is 25.4 Å². The number of nitrogens with one attached hydrogen (secondary N) is 1. The van der Waals surface area contributed by atoms with Crippen LogP contribution in [0, 0.1) is 0 Å². The van der Waals surface area contributed by atoms with Gasteiger partial charge in [-0.15, -0.1) is 12.4 Å². The molecule has 2 aromatic carbocycles. The normalized spacial score (nSPS) is 18.8. The van der Waals surface area contributed by atoms with Gasteiger partial charge in [0.15, 0.2) is 0 Å². The molecule has 2 aromatic rings. The monoisotopic (exact) mass is 394 g/mol. The number of rotatable bonds is 5. The average Bonchev–Trinajstić information content (AvgIpc) is 2.62. The van der Waals surface area contributed by atoms with Crippen LogP contribution in [0.2, 0.25) is 5.02 Å². The highest BCUT2D eigenvalue weighted by atomic mass is 35.5. The van der Waals surface area contributed by atoms with Crippen LogP contribution >= 0.6 is 24.0 Å². The Bertz CT molecular complexity index is 720. The lowest BCUT2D eigenvalue weighted by molar-refractivity contribution is -0.143. The van der Waals surface area contributed by atoms with E-state index >= 15 is 0 Å². The third-order valence-electron chi connectivity index (χ3n) is 4.81. The highest BCUT2D eigenvalue weighted by molar-refractivity contribution is 6.30. The first-order chi connectivity index (χ1) is 12.0. The smallest absolute Gasteiger partial charge is 0.320 e. The second-order valence-corrected chi connectivity index (χ2v) is 7.00. The van der Waals surface area contributed by atoms with E-state index in [1.165, 1.54) is 5.56 Å². The fourth-order valence-electron chi connectivity index (χ4n) is 3.26. The molecule has 0 saturated carbocycles. The molecule has 1 aliphatic heterocycles. The van der Waals surface area contributed by atoms with Crippen molar-refractivity contribution in [2.24, 2.45) is 0 Å². The Balaban J connectivity index is 0.00000243. The van der Waals surface area contributed by atoms with E-state index in [4.69, 9.17) is 11.6 Å². The molecule has 1 saturated heterocycles. The van der Waals surface area contributed by atoms with E-state index in [9.17, 15) is 9.90 Å². The highest BCUT2D eigenvalue weighted by Gasteiger charge is 2.26. The van der Waals surface area contributed by atoms with E-state index in [1.54, 1.807) is 6.92 Å². The van der Waals surface area contributed by atoms with Gasteiger partial charge >= 0.3 is 5.97 Å². The Hall–Kier alpha value is -1.59. The van der Waals surface area contributed by atoms with Crippen LogP contribution in [0.1, 0.15) is 12.5 Å². The van der Waals surface area contributed by atoms with Gasteiger partial charge in [0, 0.05) is 30.7 Å². The molecule has 1 unspecified atom stereocenters. The van der Waals surface area contributed by atoms with E-state index in [1.807, 2.05) is 29.2 Å². The molecule has 26 heavy (non-hydrogen) atoms. The molecular weight excluding hydrogens is 371 g/mol. The predicted molar refractivity (Wildman–Crippen MR) is 108 cm³/mol. The zero-order chi connectivity index (χ0) is 17.8. The van der Waals surface area contributed by atoms with Crippen molar-refractivity contribution in [3.8, 4) is 11.1 Å². The average molecular weight is 395 g/mol. The summed E-state index contributed by atoms with van der Waals surface area (Å²) in [5.41, 5.74) is 3.56. The molecule has 0 bridgehead atoms. The van der Waals surface area contributed by atoms with Gasteiger partial charge in [-0.3, -0.25) is 9.69 Å². The van der Waals surface area contributed by atoms with E-state index in [0.29, 0.717) is 0 Å². The molecule has 0 radical (unpaired) electrons. The lowest BCUT2D eigenvalue weighted by Gasteiger charge is -2.36. The molecule has 140 valence electrons. The standard InChI is InChI=1S/C20H23ClN2O2.ClH/c1-14(20(24)25)23-11-10-22-19(13-23)12-15-2-4-16(5-3-15)17-6-8-18(21)9-7-17;/h2-9,14,19,22H,10-13H2,1H3,(H,24,25);1H/t14-,19?;/m1./s1. The number of halogens is 2. The van der Waals surface area contributed by atoms with E-state index in [0.717, 1.165) is 42.2 Å². The highest BCUT2D eigenvalue weighted by Crippen LogP contribution is 2.22. The minimum Gasteiger partial charge on any atom is -0.480 e. The Morgan fingerprint density at radius 3 is 2.35 bits per heavy atom. The van der Waals surface area contributed by atoms with Crippen molar-refractivity contribution in [2.75, 3.05) is 19.6 Å². The minimum atomic E-state index is -0.757. The SMILES string of the molecule is C[C@H](C(=O)O)N1CCNC(Cc2ccc(-c3ccc(Cl)cc3)cc2)C1.Cl. The summed E-state index contributed by atoms with van der Waals surface area (Å²) in [6.07, 6.45) is 0.893. The second kappa shape index (κ2) is 9.38. The molecule has 3 rings (SSSR count). The first-order valence-corrected chi connectivity index (χ1v) is 8.96. The maximum absolute atomic E-state index is 11.2. The van der Waals surface area contributed by atoms with Crippen LogP contribution in [0.15, 0.2) is 48.5 Å². The zero-order valence-corrected chi connectivity index (χ0v) is 16.3. The van der Waals surface area contributed by atoms with Crippen molar-refractivity contribution in [1.82, 2.24) is 10.2 Å². The first-order valence-electron chi connectivity index (χ1n) is 8.58. The van der Waals surface area contributed by atoms with Gasteiger partial charge in [0.2, 0.25) is 0 Å². The molecule has 0 spiro atoms. The summed E-state index contributed by atoms with van der Waals surface area (Å²) < 4.78 is 0. The third kappa shape index (κ3) is 5.21. The maximum Gasteiger partial charge on any atom is 0.320 e. The molecule has 1 heterocycles. The zero-order valence-electron chi connectivity index (χ0n) is 14.7. The summed E-state index contributed by atoms with van der Waals surface area (Å²) in [6.45, 7) is 4.11. The largest absolute Gasteiger partial charge is 0.480 e. The van der Waals surface area contributed by atoms with Crippen molar-refractivity contribution in [3.63, 3.8) is 0 Å². The lowest BCUT2D eigenvalue weighted by atomic mass is 9.99. The summed E-state index contributed by atoms with van der Waals surface area (Å²) in [5.74, 6) is -0.757. The van der Waals surface area contributed by atoms with E-state index in [2.05, 4.69) is 29.6 Å². The Morgan fingerprint density at radius 1 is 1.19 bits per heavy atom. The van der Waals surface area contributed by atoms with Gasteiger partial charge in [0.1, 0.15) is 6.04 Å². The van der Waals surface area contributed by atoms with Gasteiger partial charge < -0.3 is 10.4 Å². The number of piperazine rings is 1. The molecule has 1 aliphatic rings. The summed E-state index contributed by atoms with van der Waals surface area (Å²) in [6, 6.07) is 16.2. The number of hydrogen-bond acceptors (Lipinski definition) is 3. The van der Waals surface area contributed by atoms with Crippen LogP contribution < -0.4 is 5.32 Å². The molecule has 2 atom stereocenters. The molecule has 0 aromatic heterocycles. The van der Waals surface area contributed by atoms with Crippen LogP contribution in [0.3, 0.4) is 0 Å². The third-order valence-corrected chi connectivity index (χ3v) is 5.06.